The zero-order valence-corrected chi connectivity index (χ0v) is 21.4. The molecule has 190 valence electrons. The van der Waals surface area contributed by atoms with E-state index in [0.29, 0.717) is 39.6 Å². The second kappa shape index (κ2) is 10.6. The van der Waals surface area contributed by atoms with Crippen molar-refractivity contribution in [2.45, 2.75) is 17.7 Å². The second-order valence-corrected chi connectivity index (χ2v) is 10.5. The van der Waals surface area contributed by atoms with Crippen molar-refractivity contribution in [3.05, 3.63) is 70.3 Å². The molecule has 0 saturated heterocycles. The molecule has 0 bridgehead atoms. The van der Waals surface area contributed by atoms with Gasteiger partial charge in [0.05, 0.1) is 21.3 Å². The van der Waals surface area contributed by atoms with Crippen LogP contribution < -0.4 is 14.8 Å². The lowest BCUT2D eigenvalue weighted by molar-refractivity contribution is -0.274. The first-order valence-corrected chi connectivity index (χ1v) is 13.1. The van der Waals surface area contributed by atoms with Crippen LogP contribution in [0.1, 0.15) is 6.42 Å². The molecule has 14 heteroatoms. The van der Waals surface area contributed by atoms with Crippen molar-refractivity contribution in [3.63, 3.8) is 0 Å². The third kappa shape index (κ3) is 6.27. The van der Waals surface area contributed by atoms with Gasteiger partial charge >= 0.3 is 6.36 Å². The van der Waals surface area contributed by atoms with Gasteiger partial charge in [0.2, 0.25) is 10.0 Å². The van der Waals surface area contributed by atoms with E-state index in [0.717, 1.165) is 29.8 Å². The molecule has 4 rings (SSSR count). The van der Waals surface area contributed by atoms with Crippen LogP contribution in [0.4, 0.5) is 19.0 Å². The molecule has 2 aromatic carbocycles. The van der Waals surface area contributed by atoms with Crippen LogP contribution in [0.5, 0.6) is 5.75 Å². The van der Waals surface area contributed by atoms with Gasteiger partial charge in [-0.05, 0) is 52.7 Å². The second-order valence-electron chi connectivity index (χ2n) is 7.43. The minimum absolute atomic E-state index is 0.0878. The molecule has 0 unspecified atom stereocenters. The number of halogens is 5. The quantitative estimate of drug-likeness (QED) is 0.245. The number of hydrogen-bond donors (Lipinski definition) is 2. The minimum Gasteiger partial charge on any atom is -0.406 e. The fraction of sp³-hybridized carbons (Fsp3) is 0.182. The van der Waals surface area contributed by atoms with Gasteiger partial charge < -0.3 is 10.1 Å². The number of ether oxygens (including phenoxy) is 1. The minimum atomic E-state index is -4.85. The highest BCUT2D eigenvalue weighted by Crippen LogP contribution is 2.30. The first kappa shape index (κ1) is 26.2. The Morgan fingerprint density at radius 1 is 1.08 bits per heavy atom. The lowest BCUT2D eigenvalue weighted by atomic mass is 10.1. The van der Waals surface area contributed by atoms with E-state index in [1.807, 2.05) is 18.2 Å². The molecule has 0 atom stereocenters. The highest BCUT2D eigenvalue weighted by molar-refractivity contribution is 9.10. The molecule has 0 saturated carbocycles. The summed E-state index contributed by atoms with van der Waals surface area (Å²) in [5.41, 5.74) is 1.96. The zero-order valence-electron chi connectivity index (χ0n) is 18.3. The zero-order chi connectivity index (χ0) is 25.9. The predicted molar refractivity (Wildman–Crippen MR) is 133 cm³/mol. The van der Waals surface area contributed by atoms with Gasteiger partial charge in [0.15, 0.2) is 5.65 Å². The van der Waals surface area contributed by atoms with E-state index in [9.17, 15) is 21.6 Å². The number of nitrogens with one attached hydrogen (secondary N) is 2. The Bertz CT molecular complexity index is 1480. The summed E-state index contributed by atoms with van der Waals surface area (Å²) in [4.78, 5) is 4.45. The SMILES string of the molecule is O=S(=O)(NCCCNc1cc(-c2ccccc2Cl)nc2c(Br)cnn12)c1ccc(OC(F)(F)F)cc1. The average Bonchev–Trinajstić information content (AvgIpc) is 3.19. The summed E-state index contributed by atoms with van der Waals surface area (Å²) in [6.07, 6.45) is -2.84. The molecule has 0 aliphatic carbocycles. The summed E-state index contributed by atoms with van der Waals surface area (Å²) in [5, 5.41) is 8.07. The van der Waals surface area contributed by atoms with Crippen LogP contribution in [-0.2, 0) is 10.0 Å². The summed E-state index contributed by atoms with van der Waals surface area (Å²) in [5.74, 6) is 0.125. The van der Waals surface area contributed by atoms with Crippen molar-refractivity contribution in [3.8, 4) is 17.0 Å². The number of anilines is 1. The monoisotopic (exact) mass is 603 g/mol. The topological polar surface area (TPSA) is 97.6 Å². The van der Waals surface area contributed by atoms with Gasteiger partial charge in [-0.2, -0.15) is 9.61 Å². The van der Waals surface area contributed by atoms with Gasteiger partial charge in [-0.1, -0.05) is 29.8 Å². The lowest BCUT2D eigenvalue weighted by Gasteiger charge is -2.12. The Kier molecular flexibility index (Phi) is 7.73. The Balaban J connectivity index is 1.39. The van der Waals surface area contributed by atoms with Crippen molar-refractivity contribution < 1.29 is 26.3 Å². The summed E-state index contributed by atoms with van der Waals surface area (Å²) in [7, 11) is -3.91. The molecule has 0 aliphatic rings. The molecule has 0 spiro atoms. The number of fused-ring (bicyclic) bond motifs is 1. The molecule has 0 amide bonds. The van der Waals surface area contributed by atoms with Crippen molar-refractivity contribution in [2.75, 3.05) is 18.4 Å². The highest BCUT2D eigenvalue weighted by atomic mass is 79.9. The fourth-order valence-corrected chi connectivity index (χ4v) is 4.94. The van der Waals surface area contributed by atoms with Crippen molar-refractivity contribution in [2.24, 2.45) is 0 Å². The number of aromatic nitrogens is 3. The number of hydrogen-bond acceptors (Lipinski definition) is 6. The summed E-state index contributed by atoms with van der Waals surface area (Å²) in [6, 6.07) is 13.1. The average molecular weight is 605 g/mol. The largest absolute Gasteiger partial charge is 0.573 e. The maximum Gasteiger partial charge on any atom is 0.573 e. The number of rotatable bonds is 9. The molecular formula is C22H18BrClF3N5O3S. The van der Waals surface area contributed by atoms with Crippen molar-refractivity contribution in [1.29, 1.82) is 0 Å². The van der Waals surface area contributed by atoms with E-state index in [4.69, 9.17) is 11.6 Å². The van der Waals surface area contributed by atoms with Crippen LogP contribution >= 0.6 is 27.5 Å². The number of nitrogens with zero attached hydrogens (tertiary/aromatic N) is 3. The van der Waals surface area contributed by atoms with E-state index >= 15 is 0 Å². The molecule has 4 aromatic rings. The molecule has 2 heterocycles. The number of sulfonamides is 1. The van der Waals surface area contributed by atoms with Gasteiger partial charge in [0.25, 0.3) is 0 Å². The Morgan fingerprint density at radius 3 is 2.50 bits per heavy atom. The van der Waals surface area contributed by atoms with Crippen LogP contribution in [0.2, 0.25) is 5.02 Å². The first-order chi connectivity index (χ1) is 17.0. The van der Waals surface area contributed by atoms with Crippen LogP contribution in [-0.4, -0.2) is 42.5 Å². The molecule has 2 N–H and O–H groups in total. The van der Waals surface area contributed by atoms with E-state index < -0.39 is 22.1 Å². The third-order valence-electron chi connectivity index (χ3n) is 4.90. The standard InChI is InChI=1S/C22H18BrClF3N5O3S/c23-17-13-29-32-20(12-19(31-21(17)32)16-4-1-2-5-18(16)24)28-10-3-11-30-36(33,34)15-8-6-14(7-9-15)35-22(25,26)27/h1-2,4-9,12-13,28,30H,3,10-11H2. The maximum atomic E-state index is 12.4. The van der Waals surface area contributed by atoms with E-state index in [-0.39, 0.29) is 11.4 Å². The molecule has 0 fully saturated rings. The summed E-state index contributed by atoms with van der Waals surface area (Å²) >= 11 is 9.77. The molecular weight excluding hydrogens is 587 g/mol. The van der Waals surface area contributed by atoms with Gasteiger partial charge in [0, 0.05) is 29.7 Å². The van der Waals surface area contributed by atoms with Gasteiger partial charge in [-0.3, -0.25) is 0 Å². The summed E-state index contributed by atoms with van der Waals surface area (Å²) in [6.45, 7) is 0.476. The third-order valence-corrected chi connectivity index (χ3v) is 7.26. The smallest absolute Gasteiger partial charge is 0.406 e. The predicted octanol–water partition coefficient (Wildman–Crippen LogP) is 5.49. The molecule has 8 nitrogen and oxygen atoms in total. The normalized spacial score (nSPS) is 12.1. The van der Waals surface area contributed by atoms with Crippen LogP contribution in [0.3, 0.4) is 0 Å². The van der Waals surface area contributed by atoms with E-state index in [1.165, 1.54) is 0 Å². The van der Waals surface area contributed by atoms with Crippen molar-refractivity contribution in [1.82, 2.24) is 19.3 Å². The number of benzene rings is 2. The Hall–Kier alpha value is -2.87. The van der Waals surface area contributed by atoms with Crippen LogP contribution in [0.25, 0.3) is 16.9 Å². The Morgan fingerprint density at radius 2 is 1.81 bits per heavy atom. The molecule has 36 heavy (non-hydrogen) atoms. The first-order valence-electron chi connectivity index (χ1n) is 10.4. The van der Waals surface area contributed by atoms with E-state index in [1.54, 1.807) is 22.8 Å². The van der Waals surface area contributed by atoms with Gasteiger partial charge in [0.1, 0.15) is 11.6 Å². The number of alkyl halides is 3. The summed E-state index contributed by atoms with van der Waals surface area (Å²) < 4.78 is 70.2. The lowest BCUT2D eigenvalue weighted by Crippen LogP contribution is -2.26. The maximum absolute atomic E-state index is 12.4. The van der Waals surface area contributed by atoms with Crippen LogP contribution in [0.15, 0.2) is 70.2 Å². The Labute approximate surface area is 217 Å². The van der Waals surface area contributed by atoms with Crippen LogP contribution in [0, 0.1) is 0 Å². The van der Waals surface area contributed by atoms with Gasteiger partial charge in [-0.15, -0.1) is 13.2 Å². The van der Waals surface area contributed by atoms with Crippen molar-refractivity contribution >= 4 is 49.0 Å². The molecule has 2 aromatic heterocycles. The molecule has 0 aliphatic heterocycles. The molecule has 0 radical (unpaired) electrons. The van der Waals surface area contributed by atoms with Gasteiger partial charge in [-0.25, -0.2) is 18.1 Å². The van der Waals surface area contributed by atoms with E-state index in [2.05, 4.69) is 40.8 Å². The highest BCUT2D eigenvalue weighted by Gasteiger charge is 2.31. The fourth-order valence-electron chi connectivity index (χ4n) is 3.28.